The molecule has 0 saturated heterocycles. The van der Waals surface area contributed by atoms with Gasteiger partial charge in [-0.15, -0.1) is 0 Å². The molecule has 22 heavy (non-hydrogen) atoms. The molecule has 112 valence electrons. The van der Waals surface area contributed by atoms with Crippen LogP contribution in [0.15, 0.2) is 51.7 Å². The minimum Gasteiger partial charge on any atom is -0.488 e. The number of aryl methyl sites for hydroxylation is 2. The van der Waals surface area contributed by atoms with Crippen LogP contribution in [0.3, 0.4) is 0 Å². The first kappa shape index (κ1) is 14.7. The predicted octanol–water partition coefficient (Wildman–Crippen LogP) is 4.64. The van der Waals surface area contributed by atoms with Gasteiger partial charge in [-0.25, -0.2) is 4.79 Å². The average Bonchev–Trinajstić information content (AvgIpc) is 2.47. The Balaban J connectivity index is 1.95. The Morgan fingerprint density at radius 3 is 2.73 bits per heavy atom. The summed E-state index contributed by atoms with van der Waals surface area (Å²) in [5.41, 5.74) is 2.93. The molecular formula is C18H15ClO3. The largest absolute Gasteiger partial charge is 0.488 e. The van der Waals surface area contributed by atoms with Crippen LogP contribution in [0.25, 0.3) is 11.0 Å². The fourth-order valence-electron chi connectivity index (χ4n) is 2.44. The van der Waals surface area contributed by atoms with Crippen LogP contribution in [0.4, 0.5) is 0 Å². The summed E-state index contributed by atoms with van der Waals surface area (Å²) in [5, 5.41) is 1.60. The van der Waals surface area contributed by atoms with Crippen LogP contribution in [0.1, 0.15) is 16.7 Å². The number of fused-ring (bicyclic) bond motifs is 1. The second-order valence-electron chi connectivity index (χ2n) is 5.23. The van der Waals surface area contributed by atoms with E-state index in [1.165, 1.54) is 6.07 Å². The van der Waals surface area contributed by atoms with Crippen LogP contribution in [-0.2, 0) is 6.61 Å². The highest BCUT2D eigenvalue weighted by Gasteiger charge is 2.10. The topological polar surface area (TPSA) is 39.4 Å². The summed E-state index contributed by atoms with van der Waals surface area (Å²) in [7, 11) is 0. The summed E-state index contributed by atoms with van der Waals surface area (Å²) in [6.07, 6.45) is 0. The molecule has 1 heterocycles. The minimum atomic E-state index is -0.347. The molecule has 0 aliphatic heterocycles. The third-order valence-corrected chi connectivity index (χ3v) is 3.84. The van der Waals surface area contributed by atoms with E-state index in [0.717, 1.165) is 22.1 Å². The molecule has 4 heteroatoms. The Hall–Kier alpha value is -2.26. The third kappa shape index (κ3) is 2.85. The molecule has 1 aromatic heterocycles. The maximum absolute atomic E-state index is 11.6. The highest BCUT2D eigenvalue weighted by molar-refractivity contribution is 6.30. The van der Waals surface area contributed by atoms with Gasteiger partial charge < -0.3 is 9.15 Å². The van der Waals surface area contributed by atoms with Crippen molar-refractivity contribution in [2.24, 2.45) is 0 Å². The van der Waals surface area contributed by atoms with Crippen LogP contribution >= 0.6 is 11.6 Å². The van der Waals surface area contributed by atoms with Crippen LogP contribution in [0.2, 0.25) is 5.02 Å². The number of rotatable bonds is 3. The first-order valence-corrected chi connectivity index (χ1v) is 7.34. The van der Waals surface area contributed by atoms with Gasteiger partial charge in [0.2, 0.25) is 0 Å². The zero-order valence-electron chi connectivity index (χ0n) is 12.4. The van der Waals surface area contributed by atoms with Crippen molar-refractivity contribution in [2.45, 2.75) is 20.5 Å². The van der Waals surface area contributed by atoms with E-state index < -0.39 is 0 Å². The lowest BCUT2D eigenvalue weighted by atomic mass is 10.1. The number of benzene rings is 2. The van der Waals surface area contributed by atoms with Gasteiger partial charge in [0.1, 0.15) is 17.9 Å². The van der Waals surface area contributed by atoms with Crippen molar-refractivity contribution in [1.82, 2.24) is 0 Å². The van der Waals surface area contributed by atoms with E-state index in [0.29, 0.717) is 23.0 Å². The Labute approximate surface area is 133 Å². The molecular weight excluding hydrogens is 300 g/mol. The second-order valence-corrected chi connectivity index (χ2v) is 5.67. The van der Waals surface area contributed by atoms with Crippen molar-refractivity contribution in [3.05, 3.63) is 74.6 Å². The number of ether oxygens (including phenoxy) is 1. The Bertz CT molecular complexity index is 896. The molecule has 0 atom stereocenters. The molecule has 0 saturated carbocycles. The molecule has 3 nitrogen and oxygen atoms in total. The van der Waals surface area contributed by atoms with E-state index in [-0.39, 0.29) is 5.63 Å². The van der Waals surface area contributed by atoms with Crippen LogP contribution in [0.5, 0.6) is 5.75 Å². The van der Waals surface area contributed by atoms with Gasteiger partial charge in [0.05, 0.1) is 0 Å². The van der Waals surface area contributed by atoms with Gasteiger partial charge in [0.15, 0.2) is 0 Å². The van der Waals surface area contributed by atoms with E-state index >= 15 is 0 Å². The Morgan fingerprint density at radius 1 is 1.14 bits per heavy atom. The molecule has 0 aliphatic rings. The van der Waals surface area contributed by atoms with Gasteiger partial charge >= 0.3 is 5.63 Å². The highest BCUT2D eigenvalue weighted by Crippen LogP contribution is 2.28. The molecule has 3 aromatic rings. The van der Waals surface area contributed by atoms with Crippen LogP contribution < -0.4 is 10.4 Å². The highest BCUT2D eigenvalue weighted by atomic mass is 35.5. The summed E-state index contributed by atoms with van der Waals surface area (Å²) in [6, 6.07) is 12.8. The average molecular weight is 315 g/mol. The van der Waals surface area contributed by atoms with Crippen molar-refractivity contribution in [2.75, 3.05) is 0 Å². The monoisotopic (exact) mass is 314 g/mol. The van der Waals surface area contributed by atoms with Gasteiger partial charge in [0, 0.05) is 22.0 Å². The van der Waals surface area contributed by atoms with Crippen LogP contribution in [0, 0.1) is 13.8 Å². The smallest absolute Gasteiger partial charge is 0.336 e. The van der Waals surface area contributed by atoms with Gasteiger partial charge in [-0.2, -0.15) is 0 Å². The first-order valence-electron chi connectivity index (χ1n) is 6.96. The van der Waals surface area contributed by atoms with Crippen LogP contribution in [-0.4, -0.2) is 0 Å². The molecule has 0 unspecified atom stereocenters. The number of hydrogen-bond donors (Lipinski definition) is 0. The minimum absolute atomic E-state index is 0.347. The Kier molecular flexibility index (Phi) is 3.90. The van der Waals surface area contributed by atoms with E-state index in [2.05, 4.69) is 0 Å². The quantitative estimate of drug-likeness (QED) is 0.661. The van der Waals surface area contributed by atoms with Crippen molar-refractivity contribution in [1.29, 1.82) is 0 Å². The standard InChI is InChI=1S/C18H15ClO3/c1-11-8-17(20)22-18-12(2)16(7-6-15(11)18)21-10-13-4-3-5-14(19)9-13/h3-9H,10H2,1-2H3. The molecule has 0 spiro atoms. The summed E-state index contributed by atoms with van der Waals surface area (Å²) in [4.78, 5) is 11.6. The summed E-state index contributed by atoms with van der Waals surface area (Å²) < 4.78 is 11.2. The fraction of sp³-hybridized carbons (Fsp3) is 0.167. The molecule has 2 aromatic carbocycles. The van der Waals surface area contributed by atoms with Gasteiger partial charge in [-0.3, -0.25) is 0 Å². The lowest BCUT2D eigenvalue weighted by molar-refractivity contribution is 0.304. The zero-order valence-corrected chi connectivity index (χ0v) is 13.1. The van der Waals surface area contributed by atoms with E-state index in [1.54, 1.807) is 0 Å². The normalized spacial score (nSPS) is 10.9. The molecule has 3 rings (SSSR count). The van der Waals surface area contributed by atoms with E-state index in [1.807, 2.05) is 50.2 Å². The lowest BCUT2D eigenvalue weighted by Gasteiger charge is -2.11. The van der Waals surface area contributed by atoms with E-state index in [4.69, 9.17) is 20.8 Å². The zero-order chi connectivity index (χ0) is 15.7. The maximum Gasteiger partial charge on any atom is 0.336 e. The van der Waals surface area contributed by atoms with Crippen molar-refractivity contribution in [3.8, 4) is 5.75 Å². The summed E-state index contributed by atoms with van der Waals surface area (Å²) in [6.45, 7) is 4.19. The van der Waals surface area contributed by atoms with E-state index in [9.17, 15) is 4.79 Å². The first-order chi connectivity index (χ1) is 10.5. The van der Waals surface area contributed by atoms with Gasteiger partial charge in [0.25, 0.3) is 0 Å². The number of halogens is 1. The third-order valence-electron chi connectivity index (χ3n) is 3.60. The molecule has 0 N–H and O–H groups in total. The van der Waals surface area contributed by atoms with Gasteiger partial charge in [-0.1, -0.05) is 23.7 Å². The Morgan fingerprint density at radius 2 is 1.95 bits per heavy atom. The van der Waals surface area contributed by atoms with Crippen molar-refractivity contribution >= 4 is 22.6 Å². The number of hydrogen-bond acceptors (Lipinski definition) is 3. The summed E-state index contributed by atoms with van der Waals surface area (Å²) >= 11 is 5.97. The maximum atomic E-state index is 11.6. The summed E-state index contributed by atoms with van der Waals surface area (Å²) in [5.74, 6) is 0.696. The molecule has 0 fully saturated rings. The van der Waals surface area contributed by atoms with Crippen molar-refractivity contribution in [3.63, 3.8) is 0 Å². The SMILES string of the molecule is Cc1cc(=O)oc2c(C)c(OCc3cccc(Cl)c3)ccc12. The van der Waals surface area contributed by atoms with Crippen molar-refractivity contribution < 1.29 is 9.15 Å². The fourth-order valence-corrected chi connectivity index (χ4v) is 2.66. The molecule has 0 aliphatic carbocycles. The molecule has 0 bridgehead atoms. The van der Waals surface area contributed by atoms with Gasteiger partial charge in [-0.05, 0) is 49.2 Å². The molecule has 0 amide bonds. The second kappa shape index (κ2) is 5.85. The molecule has 0 radical (unpaired) electrons. The lowest BCUT2D eigenvalue weighted by Crippen LogP contribution is -2.01. The predicted molar refractivity (Wildman–Crippen MR) is 87.7 cm³/mol.